The highest BCUT2D eigenvalue weighted by Crippen LogP contribution is 2.20. The van der Waals surface area contributed by atoms with Gasteiger partial charge in [0.25, 0.3) is 0 Å². The Balaban J connectivity index is 1.99. The molecule has 0 radical (unpaired) electrons. The van der Waals surface area contributed by atoms with Gasteiger partial charge in [0.1, 0.15) is 5.69 Å². The minimum absolute atomic E-state index is 0.204. The molecule has 3 rings (SSSR count). The highest BCUT2D eigenvalue weighted by Gasteiger charge is 2.10. The Morgan fingerprint density at radius 3 is 2.44 bits per heavy atom. The lowest BCUT2D eigenvalue weighted by atomic mass is 10.0. The summed E-state index contributed by atoms with van der Waals surface area (Å²) >= 11 is 1.57. The van der Waals surface area contributed by atoms with Crippen molar-refractivity contribution in [2.24, 2.45) is 10.1 Å². The maximum absolute atomic E-state index is 5.54. The second-order valence-corrected chi connectivity index (χ2v) is 7.32. The van der Waals surface area contributed by atoms with E-state index in [4.69, 9.17) is 4.42 Å². The minimum Gasteiger partial charge on any atom is -0.463 e. The second kappa shape index (κ2) is 7.66. The summed E-state index contributed by atoms with van der Waals surface area (Å²) in [5, 5.41) is 6.70. The van der Waals surface area contributed by atoms with Gasteiger partial charge in [-0.3, -0.25) is 4.99 Å². The molecule has 1 aromatic carbocycles. The van der Waals surface area contributed by atoms with Gasteiger partial charge in [-0.15, -0.1) is 11.3 Å². The van der Waals surface area contributed by atoms with Gasteiger partial charge in [-0.1, -0.05) is 38.1 Å². The number of hydrogen-bond acceptors (Lipinski definition) is 4. The molecule has 0 N–H and O–H groups in total. The zero-order chi connectivity index (χ0) is 17.8. The Hall–Kier alpha value is -2.40. The van der Waals surface area contributed by atoms with Crippen molar-refractivity contribution >= 4 is 17.6 Å². The van der Waals surface area contributed by atoms with E-state index >= 15 is 0 Å². The van der Waals surface area contributed by atoms with E-state index in [0.29, 0.717) is 5.92 Å². The zero-order valence-corrected chi connectivity index (χ0v) is 15.8. The first-order valence-electron chi connectivity index (χ1n) is 8.47. The second-order valence-electron chi connectivity index (χ2n) is 6.48. The van der Waals surface area contributed by atoms with E-state index in [9.17, 15) is 0 Å². The number of hydrogen-bond donors (Lipinski definition) is 0. The SMILES string of the molecule is CC(C)N=c1scc(-c2ccco2)n1N=Cc1ccc(C(C)C)cc1. The molecule has 0 saturated carbocycles. The summed E-state index contributed by atoms with van der Waals surface area (Å²) in [7, 11) is 0. The number of aromatic nitrogens is 1. The van der Waals surface area contributed by atoms with Crippen molar-refractivity contribution in [1.82, 2.24) is 4.68 Å². The van der Waals surface area contributed by atoms with E-state index in [1.165, 1.54) is 5.56 Å². The van der Waals surface area contributed by atoms with Crippen molar-refractivity contribution in [3.63, 3.8) is 0 Å². The van der Waals surface area contributed by atoms with Crippen molar-refractivity contribution in [2.45, 2.75) is 39.7 Å². The maximum Gasteiger partial charge on any atom is 0.206 e. The Morgan fingerprint density at radius 1 is 1.08 bits per heavy atom. The quantitative estimate of drug-likeness (QED) is 0.587. The van der Waals surface area contributed by atoms with Crippen LogP contribution in [-0.2, 0) is 0 Å². The number of benzene rings is 1. The van der Waals surface area contributed by atoms with Gasteiger partial charge in [0.2, 0.25) is 4.80 Å². The van der Waals surface area contributed by atoms with Gasteiger partial charge >= 0.3 is 0 Å². The maximum atomic E-state index is 5.54. The highest BCUT2D eigenvalue weighted by atomic mass is 32.1. The van der Waals surface area contributed by atoms with Crippen LogP contribution in [0.4, 0.5) is 0 Å². The molecule has 130 valence electrons. The van der Waals surface area contributed by atoms with Crippen LogP contribution >= 0.6 is 11.3 Å². The van der Waals surface area contributed by atoms with Crippen LogP contribution in [0.3, 0.4) is 0 Å². The molecule has 0 unspecified atom stereocenters. The third-order valence-electron chi connectivity index (χ3n) is 3.75. The molecule has 0 amide bonds. The first-order valence-corrected chi connectivity index (χ1v) is 9.35. The first kappa shape index (κ1) is 17.4. The summed E-state index contributed by atoms with van der Waals surface area (Å²) in [5.74, 6) is 1.31. The van der Waals surface area contributed by atoms with Crippen LogP contribution in [0.25, 0.3) is 11.5 Å². The normalized spacial score (nSPS) is 12.8. The van der Waals surface area contributed by atoms with Gasteiger partial charge < -0.3 is 4.42 Å². The molecule has 25 heavy (non-hydrogen) atoms. The average molecular weight is 353 g/mol. The van der Waals surface area contributed by atoms with E-state index in [2.05, 4.69) is 62.1 Å². The van der Waals surface area contributed by atoms with Crippen LogP contribution in [0.15, 0.2) is 62.6 Å². The van der Waals surface area contributed by atoms with E-state index in [0.717, 1.165) is 21.8 Å². The molecule has 3 aromatic rings. The van der Waals surface area contributed by atoms with Gasteiger partial charge in [0.15, 0.2) is 5.76 Å². The van der Waals surface area contributed by atoms with Crippen molar-refractivity contribution in [1.29, 1.82) is 0 Å². The van der Waals surface area contributed by atoms with Crippen molar-refractivity contribution in [3.8, 4) is 11.5 Å². The summed E-state index contributed by atoms with van der Waals surface area (Å²) in [6.45, 7) is 8.51. The zero-order valence-electron chi connectivity index (χ0n) is 15.0. The summed E-state index contributed by atoms with van der Waals surface area (Å²) in [6, 6.07) is 12.5. The lowest BCUT2D eigenvalue weighted by molar-refractivity contribution is 0.575. The molecule has 2 aromatic heterocycles. The fourth-order valence-electron chi connectivity index (χ4n) is 2.41. The van der Waals surface area contributed by atoms with Gasteiger partial charge in [0, 0.05) is 11.4 Å². The smallest absolute Gasteiger partial charge is 0.206 e. The molecule has 0 aliphatic rings. The Bertz CT molecular complexity index is 897. The molecule has 0 saturated heterocycles. The number of furan rings is 1. The lowest BCUT2D eigenvalue weighted by Crippen LogP contribution is -2.14. The van der Waals surface area contributed by atoms with Crippen molar-refractivity contribution < 1.29 is 4.42 Å². The van der Waals surface area contributed by atoms with Crippen LogP contribution in [0.2, 0.25) is 0 Å². The summed E-state index contributed by atoms with van der Waals surface area (Å²) in [4.78, 5) is 5.52. The predicted octanol–water partition coefficient (Wildman–Crippen LogP) is 5.12. The van der Waals surface area contributed by atoms with Crippen LogP contribution in [-0.4, -0.2) is 16.9 Å². The summed E-state index contributed by atoms with van der Waals surface area (Å²) < 4.78 is 7.39. The van der Waals surface area contributed by atoms with Gasteiger partial charge in [-0.2, -0.15) is 5.10 Å². The van der Waals surface area contributed by atoms with Crippen LogP contribution < -0.4 is 4.80 Å². The fraction of sp³-hybridized carbons (Fsp3) is 0.300. The predicted molar refractivity (Wildman–Crippen MR) is 104 cm³/mol. The third kappa shape index (κ3) is 4.17. The molecule has 0 spiro atoms. The summed E-state index contributed by atoms with van der Waals surface area (Å²) in [5.41, 5.74) is 3.29. The lowest BCUT2D eigenvalue weighted by Gasteiger charge is -2.05. The molecule has 4 nitrogen and oxygen atoms in total. The monoisotopic (exact) mass is 353 g/mol. The average Bonchev–Trinajstić information content (AvgIpc) is 3.22. The number of rotatable bonds is 5. The molecule has 0 bridgehead atoms. The van der Waals surface area contributed by atoms with E-state index in [1.54, 1.807) is 17.6 Å². The van der Waals surface area contributed by atoms with Crippen LogP contribution in [0, 0.1) is 0 Å². The molecule has 5 heteroatoms. The van der Waals surface area contributed by atoms with Gasteiger partial charge in [-0.25, -0.2) is 4.68 Å². The topological polar surface area (TPSA) is 42.8 Å². The first-order chi connectivity index (χ1) is 12.0. The molecular weight excluding hydrogens is 330 g/mol. The molecule has 2 heterocycles. The summed E-state index contributed by atoms with van der Waals surface area (Å²) in [6.07, 6.45) is 3.54. The van der Waals surface area contributed by atoms with Crippen LogP contribution in [0.5, 0.6) is 0 Å². The van der Waals surface area contributed by atoms with Gasteiger partial charge in [-0.05, 0) is 43.0 Å². The van der Waals surface area contributed by atoms with E-state index in [-0.39, 0.29) is 6.04 Å². The largest absolute Gasteiger partial charge is 0.463 e. The standard InChI is InChI=1S/C20H23N3OS/c1-14(2)17-9-7-16(8-10-17)12-21-23-18(19-6-5-11-24-19)13-25-20(23)22-15(3)4/h5-15H,1-4H3. The molecule has 0 fully saturated rings. The Labute approximate surface area is 152 Å². The van der Waals surface area contributed by atoms with Crippen molar-refractivity contribution in [3.05, 3.63) is 64.0 Å². The van der Waals surface area contributed by atoms with Crippen LogP contribution in [0.1, 0.15) is 44.7 Å². The molecular formula is C20H23N3OS. The number of thiazole rings is 1. The highest BCUT2D eigenvalue weighted by molar-refractivity contribution is 7.07. The molecule has 0 aliphatic carbocycles. The Kier molecular flexibility index (Phi) is 5.34. The van der Waals surface area contributed by atoms with E-state index in [1.807, 2.05) is 28.4 Å². The minimum atomic E-state index is 0.204. The fourth-order valence-corrected chi connectivity index (χ4v) is 3.36. The third-order valence-corrected chi connectivity index (χ3v) is 4.58. The number of nitrogens with zero attached hydrogens (tertiary/aromatic N) is 3. The van der Waals surface area contributed by atoms with E-state index < -0.39 is 0 Å². The van der Waals surface area contributed by atoms with Crippen molar-refractivity contribution in [2.75, 3.05) is 0 Å². The molecule has 0 atom stereocenters. The van der Waals surface area contributed by atoms with Gasteiger partial charge in [0.05, 0.1) is 12.5 Å². The Morgan fingerprint density at radius 2 is 1.84 bits per heavy atom. The molecule has 0 aliphatic heterocycles.